The standard InChI is InChI=1S/C45H28N4S/c1-4-12-29(13-5-1)31-20-22-33(23-21-31)44-46-43(32-16-8-3-9-17-32)47-45(48-44)49-39-25-24-34(30-14-6-2-7-15-30)26-36(39)37-28-42-38(27-40(37)49)35-18-10-11-19-41(35)50-42/h1-28H. The topological polar surface area (TPSA) is 43.6 Å². The zero-order chi connectivity index (χ0) is 33.0. The minimum Gasteiger partial charge on any atom is -0.278 e. The van der Waals surface area contributed by atoms with Crippen molar-refractivity contribution in [2.45, 2.75) is 0 Å². The lowest BCUT2D eigenvalue weighted by atomic mass is 10.0. The highest BCUT2D eigenvalue weighted by Gasteiger charge is 2.20. The van der Waals surface area contributed by atoms with E-state index in [1.807, 2.05) is 35.6 Å². The number of benzene rings is 7. The van der Waals surface area contributed by atoms with Crippen LogP contribution < -0.4 is 0 Å². The van der Waals surface area contributed by atoms with Crippen LogP contribution in [0.25, 0.3) is 93.0 Å². The Morgan fingerprint density at radius 3 is 1.56 bits per heavy atom. The van der Waals surface area contributed by atoms with Gasteiger partial charge < -0.3 is 0 Å². The van der Waals surface area contributed by atoms with Crippen LogP contribution in [0.3, 0.4) is 0 Å². The molecule has 0 fully saturated rings. The molecule has 0 atom stereocenters. The second kappa shape index (κ2) is 11.6. The highest BCUT2D eigenvalue weighted by atomic mass is 32.1. The van der Waals surface area contributed by atoms with E-state index in [1.54, 1.807) is 0 Å². The first-order valence-corrected chi connectivity index (χ1v) is 17.5. The maximum atomic E-state index is 5.23. The van der Waals surface area contributed by atoms with Gasteiger partial charge in [-0.05, 0) is 52.6 Å². The van der Waals surface area contributed by atoms with E-state index >= 15 is 0 Å². The molecule has 0 aliphatic carbocycles. The number of aromatic nitrogens is 4. The van der Waals surface area contributed by atoms with Crippen molar-refractivity contribution in [3.63, 3.8) is 0 Å². The average Bonchev–Trinajstić information content (AvgIpc) is 3.72. The van der Waals surface area contributed by atoms with Crippen LogP contribution in [0.2, 0.25) is 0 Å². The number of fused-ring (bicyclic) bond motifs is 6. The highest BCUT2D eigenvalue weighted by Crippen LogP contribution is 2.41. The van der Waals surface area contributed by atoms with E-state index in [0.29, 0.717) is 17.6 Å². The van der Waals surface area contributed by atoms with E-state index in [4.69, 9.17) is 15.0 Å². The Hall–Kier alpha value is -6.43. The Bertz CT molecular complexity index is 2840. The van der Waals surface area contributed by atoms with Crippen molar-refractivity contribution in [1.29, 1.82) is 0 Å². The molecular formula is C45H28N4S. The molecule has 0 N–H and O–H groups in total. The molecule has 0 spiro atoms. The van der Waals surface area contributed by atoms with Gasteiger partial charge >= 0.3 is 0 Å². The summed E-state index contributed by atoms with van der Waals surface area (Å²) in [4.78, 5) is 15.5. The van der Waals surface area contributed by atoms with Crippen LogP contribution >= 0.6 is 11.3 Å². The fourth-order valence-electron chi connectivity index (χ4n) is 7.02. The van der Waals surface area contributed by atoms with Gasteiger partial charge in [0.15, 0.2) is 11.6 Å². The summed E-state index contributed by atoms with van der Waals surface area (Å²) in [5.74, 6) is 1.86. The lowest BCUT2D eigenvalue weighted by Crippen LogP contribution is -2.06. The number of hydrogen-bond donors (Lipinski definition) is 0. The Balaban J connectivity index is 1.25. The zero-order valence-corrected chi connectivity index (χ0v) is 27.7. The number of rotatable bonds is 5. The minimum atomic E-state index is 0.590. The predicted octanol–water partition coefficient (Wildman–Crippen LogP) is 12.0. The van der Waals surface area contributed by atoms with E-state index in [2.05, 4.69) is 150 Å². The average molecular weight is 657 g/mol. The van der Waals surface area contributed by atoms with Gasteiger partial charge in [0.25, 0.3) is 0 Å². The molecule has 234 valence electrons. The van der Waals surface area contributed by atoms with Crippen molar-refractivity contribution in [2.75, 3.05) is 0 Å². The second-order valence-electron chi connectivity index (χ2n) is 12.5. The Morgan fingerprint density at radius 1 is 0.340 bits per heavy atom. The molecule has 0 aliphatic rings. The third-order valence-electron chi connectivity index (χ3n) is 9.48. The van der Waals surface area contributed by atoms with Crippen molar-refractivity contribution in [3.8, 4) is 51.0 Å². The fraction of sp³-hybridized carbons (Fsp3) is 0. The first kappa shape index (κ1) is 28.6. The molecular weight excluding hydrogens is 629 g/mol. The van der Waals surface area contributed by atoms with Crippen LogP contribution in [0, 0.1) is 0 Å². The Morgan fingerprint density at radius 2 is 0.860 bits per heavy atom. The van der Waals surface area contributed by atoms with Gasteiger partial charge in [-0.3, -0.25) is 4.57 Å². The third kappa shape index (κ3) is 4.79. The normalized spacial score (nSPS) is 11.6. The van der Waals surface area contributed by atoms with Crippen molar-refractivity contribution in [1.82, 2.24) is 19.5 Å². The number of nitrogens with zero attached hydrogens (tertiary/aromatic N) is 4. The lowest BCUT2D eigenvalue weighted by molar-refractivity contribution is 0.954. The summed E-state index contributed by atoms with van der Waals surface area (Å²) in [6.07, 6.45) is 0. The quantitative estimate of drug-likeness (QED) is 0.185. The maximum Gasteiger partial charge on any atom is 0.238 e. The van der Waals surface area contributed by atoms with E-state index in [9.17, 15) is 0 Å². The lowest BCUT2D eigenvalue weighted by Gasteiger charge is -2.11. The first-order chi connectivity index (χ1) is 24.8. The molecule has 0 bridgehead atoms. The van der Waals surface area contributed by atoms with Crippen LogP contribution in [0.1, 0.15) is 0 Å². The van der Waals surface area contributed by atoms with Gasteiger partial charge in [0.1, 0.15) is 0 Å². The molecule has 10 aromatic rings. The smallest absolute Gasteiger partial charge is 0.238 e. The summed E-state index contributed by atoms with van der Waals surface area (Å²) in [6, 6.07) is 59.7. The van der Waals surface area contributed by atoms with Gasteiger partial charge in [-0.2, -0.15) is 9.97 Å². The summed E-state index contributed by atoms with van der Waals surface area (Å²) < 4.78 is 4.77. The first-order valence-electron chi connectivity index (χ1n) is 16.7. The summed E-state index contributed by atoms with van der Waals surface area (Å²) in [7, 11) is 0. The van der Waals surface area contributed by atoms with Crippen LogP contribution in [-0.2, 0) is 0 Å². The SMILES string of the molecule is c1ccc(-c2ccc(-c3nc(-c4ccccc4)nc(-n4c5ccc(-c6ccccc6)cc5c5cc6sc7ccccc7c6cc54)n3)cc2)cc1. The molecule has 3 aromatic heterocycles. The molecule has 5 heteroatoms. The van der Waals surface area contributed by atoms with Gasteiger partial charge in [0, 0.05) is 42.1 Å². The fourth-order valence-corrected chi connectivity index (χ4v) is 8.14. The molecule has 0 saturated heterocycles. The van der Waals surface area contributed by atoms with Gasteiger partial charge in [0.05, 0.1) is 11.0 Å². The van der Waals surface area contributed by atoms with Crippen molar-refractivity contribution in [2.24, 2.45) is 0 Å². The molecule has 50 heavy (non-hydrogen) atoms. The summed E-state index contributed by atoms with van der Waals surface area (Å²) in [5, 5.41) is 4.83. The minimum absolute atomic E-state index is 0.590. The molecule has 0 amide bonds. The van der Waals surface area contributed by atoms with Crippen molar-refractivity contribution in [3.05, 3.63) is 170 Å². The van der Waals surface area contributed by atoms with Crippen molar-refractivity contribution >= 4 is 53.3 Å². The molecule has 4 nitrogen and oxygen atoms in total. The molecule has 7 aromatic carbocycles. The van der Waals surface area contributed by atoms with E-state index in [-0.39, 0.29) is 0 Å². The third-order valence-corrected chi connectivity index (χ3v) is 10.6. The molecule has 3 heterocycles. The molecule has 10 rings (SSSR count). The predicted molar refractivity (Wildman–Crippen MR) is 209 cm³/mol. The molecule has 0 saturated carbocycles. The van der Waals surface area contributed by atoms with Gasteiger partial charge in [-0.25, -0.2) is 4.98 Å². The van der Waals surface area contributed by atoms with Crippen LogP contribution in [-0.4, -0.2) is 19.5 Å². The zero-order valence-electron chi connectivity index (χ0n) is 26.9. The monoisotopic (exact) mass is 656 g/mol. The molecule has 0 unspecified atom stereocenters. The van der Waals surface area contributed by atoms with Gasteiger partial charge in [-0.15, -0.1) is 11.3 Å². The molecule has 0 radical (unpaired) electrons. The van der Waals surface area contributed by atoms with E-state index in [1.165, 1.54) is 42.2 Å². The number of hydrogen-bond acceptors (Lipinski definition) is 4. The van der Waals surface area contributed by atoms with Crippen LogP contribution in [0.15, 0.2) is 170 Å². The van der Waals surface area contributed by atoms with Crippen LogP contribution in [0.4, 0.5) is 0 Å². The van der Waals surface area contributed by atoms with Gasteiger partial charge in [-0.1, -0.05) is 140 Å². The summed E-state index contributed by atoms with van der Waals surface area (Å²) >= 11 is 1.84. The Labute approximate surface area is 292 Å². The Kier molecular flexibility index (Phi) is 6.64. The van der Waals surface area contributed by atoms with E-state index < -0.39 is 0 Å². The van der Waals surface area contributed by atoms with E-state index in [0.717, 1.165) is 33.1 Å². The maximum absolute atomic E-state index is 5.23. The second-order valence-corrected chi connectivity index (χ2v) is 13.6. The summed E-state index contributed by atoms with van der Waals surface area (Å²) in [5.41, 5.74) is 8.68. The summed E-state index contributed by atoms with van der Waals surface area (Å²) in [6.45, 7) is 0. The van der Waals surface area contributed by atoms with Gasteiger partial charge in [0.2, 0.25) is 5.95 Å². The molecule has 0 aliphatic heterocycles. The highest BCUT2D eigenvalue weighted by molar-refractivity contribution is 7.25. The largest absolute Gasteiger partial charge is 0.278 e. The van der Waals surface area contributed by atoms with Crippen LogP contribution in [0.5, 0.6) is 0 Å². The van der Waals surface area contributed by atoms with Crippen molar-refractivity contribution < 1.29 is 0 Å². The number of thiophene rings is 1.